The quantitative estimate of drug-likeness (QED) is 0.578. The van der Waals surface area contributed by atoms with Crippen molar-refractivity contribution in [2.45, 2.75) is 19.4 Å². The Kier molecular flexibility index (Phi) is 4.61. The van der Waals surface area contributed by atoms with Crippen molar-refractivity contribution in [3.8, 4) is 5.75 Å². The summed E-state index contributed by atoms with van der Waals surface area (Å²) in [5.41, 5.74) is 5.13. The number of rotatable bonds is 6. The van der Waals surface area contributed by atoms with Gasteiger partial charge in [0.25, 0.3) is 5.69 Å². The van der Waals surface area contributed by atoms with Gasteiger partial charge in [0.05, 0.1) is 24.1 Å². The minimum atomic E-state index is -0.909. The van der Waals surface area contributed by atoms with Crippen molar-refractivity contribution in [1.82, 2.24) is 0 Å². The Morgan fingerprint density at radius 2 is 2.28 bits per heavy atom. The van der Waals surface area contributed by atoms with Crippen molar-refractivity contribution in [2.75, 3.05) is 6.61 Å². The second-order valence-electron chi connectivity index (χ2n) is 3.72. The van der Waals surface area contributed by atoms with Crippen LogP contribution in [0.1, 0.15) is 25.0 Å². The lowest BCUT2D eigenvalue weighted by atomic mass is 10.1. The number of nitrogens with two attached hydrogens (primary N) is 1. The van der Waals surface area contributed by atoms with Crippen LogP contribution in [0.5, 0.6) is 5.75 Å². The minimum Gasteiger partial charge on any atom is -0.493 e. The first-order chi connectivity index (χ1) is 8.41. The third-order valence-electron chi connectivity index (χ3n) is 2.26. The Morgan fingerprint density at radius 1 is 1.61 bits per heavy atom. The molecular formula is C11H14N2O5. The van der Waals surface area contributed by atoms with E-state index < -0.39 is 16.9 Å². The van der Waals surface area contributed by atoms with E-state index in [1.807, 2.05) is 0 Å². The molecule has 1 aromatic rings. The van der Waals surface area contributed by atoms with E-state index in [1.54, 1.807) is 0 Å². The van der Waals surface area contributed by atoms with Crippen LogP contribution < -0.4 is 10.5 Å². The first kappa shape index (κ1) is 13.9. The van der Waals surface area contributed by atoms with Gasteiger partial charge in [-0.1, -0.05) is 0 Å². The highest BCUT2D eigenvalue weighted by Gasteiger charge is 2.15. The zero-order valence-electron chi connectivity index (χ0n) is 9.83. The Bertz CT molecular complexity index is 459. The molecule has 18 heavy (non-hydrogen) atoms. The largest absolute Gasteiger partial charge is 0.493 e. The van der Waals surface area contributed by atoms with Crippen molar-refractivity contribution >= 4 is 11.6 Å². The summed E-state index contributed by atoms with van der Waals surface area (Å²) >= 11 is 0. The normalized spacial score (nSPS) is 11.9. The predicted octanol–water partition coefficient (Wildman–Crippen LogP) is 0.902. The van der Waals surface area contributed by atoms with Gasteiger partial charge in [-0.05, 0) is 13.0 Å². The van der Waals surface area contributed by atoms with Crippen LogP contribution in [0.15, 0.2) is 18.2 Å². The molecule has 7 nitrogen and oxygen atoms in total. The topological polar surface area (TPSA) is 116 Å². The van der Waals surface area contributed by atoms with Crippen LogP contribution in [-0.2, 0) is 4.79 Å². The van der Waals surface area contributed by atoms with Crippen LogP contribution in [-0.4, -0.2) is 22.5 Å². The molecule has 0 saturated carbocycles. The van der Waals surface area contributed by atoms with E-state index in [-0.39, 0.29) is 18.7 Å². The first-order valence-corrected chi connectivity index (χ1v) is 5.29. The SMILES string of the molecule is CC(O)c1cc([N+](=O)[O-])ccc1OCCC(N)=O. The van der Waals surface area contributed by atoms with E-state index in [0.717, 1.165) is 0 Å². The smallest absolute Gasteiger partial charge is 0.270 e. The summed E-state index contributed by atoms with van der Waals surface area (Å²) in [7, 11) is 0. The molecule has 0 aliphatic rings. The molecule has 1 rings (SSSR count). The Labute approximate surface area is 103 Å². The predicted molar refractivity (Wildman–Crippen MR) is 63.0 cm³/mol. The Morgan fingerprint density at radius 3 is 2.78 bits per heavy atom. The lowest BCUT2D eigenvalue weighted by molar-refractivity contribution is -0.385. The molecule has 0 fully saturated rings. The van der Waals surface area contributed by atoms with E-state index in [2.05, 4.69) is 0 Å². The summed E-state index contributed by atoms with van der Waals surface area (Å²) < 4.78 is 5.26. The van der Waals surface area contributed by atoms with Gasteiger partial charge in [-0.2, -0.15) is 0 Å². The summed E-state index contributed by atoms with van der Waals surface area (Å²) in [6.45, 7) is 1.53. The van der Waals surface area contributed by atoms with Gasteiger partial charge in [-0.25, -0.2) is 0 Å². The third kappa shape index (κ3) is 3.70. The molecular weight excluding hydrogens is 240 g/mol. The van der Waals surface area contributed by atoms with Gasteiger partial charge in [0.15, 0.2) is 0 Å². The maximum atomic E-state index is 10.6. The van der Waals surface area contributed by atoms with Crippen molar-refractivity contribution in [3.63, 3.8) is 0 Å². The van der Waals surface area contributed by atoms with Gasteiger partial charge in [0.1, 0.15) is 5.75 Å². The molecule has 7 heteroatoms. The van der Waals surface area contributed by atoms with Gasteiger partial charge < -0.3 is 15.6 Å². The van der Waals surface area contributed by atoms with Crippen molar-refractivity contribution in [3.05, 3.63) is 33.9 Å². The summed E-state index contributed by atoms with van der Waals surface area (Å²) in [4.78, 5) is 20.6. The summed E-state index contributed by atoms with van der Waals surface area (Å²) in [5, 5.41) is 20.1. The number of non-ortho nitro benzene ring substituents is 1. The van der Waals surface area contributed by atoms with E-state index >= 15 is 0 Å². The zero-order chi connectivity index (χ0) is 13.7. The molecule has 98 valence electrons. The van der Waals surface area contributed by atoms with Crippen LogP contribution in [0.2, 0.25) is 0 Å². The number of primary amides is 1. The Balaban J connectivity index is 2.90. The molecule has 0 heterocycles. The molecule has 0 spiro atoms. The van der Waals surface area contributed by atoms with Crippen LogP contribution in [0, 0.1) is 10.1 Å². The second kappa shape index (κ2) is 5.97. The number of benzene rings is 1. The van der Waals surface area contributed by atoms with Crippen LogP contribution in [0.4, 0.5) is 5.69 Å². The second-order valence-corrected chi connectivity index (χ2v) is 3.72. The highest BCUT2D eigenvalue weighted by Crippen LogP contribution is 2.29. The molecule has 1 aromatic carbocycles. The van der Waals surface area contributed by atoms with Gasteiger partial charge in [-0.3, -0.25) is 14.9 Å². The molecule has 0 aliphatic carbocycles. The first-order valence-electron chi connectivity index (χ1n) is 5.29. The Hall–Kier alpha value is -2.15. The average molecular weight is 254 g/mol. The lowest BCUT2D eigenvalue weighted by Gasteiger charge is -2.12. The van der Waals surface area contributed by atoms with Crippen molar-refractivity contribution in [1.29, 1.82) is 0 Å². The van der Waals surface area contributed by atoms with Gasteiger partial charge in [0, 0.05) is 17.7 Å². The highest BCUT2D eigenvalue weighted by atomic mass is 16.6. The number of carbonyl (C=O) groups excluding carboxylic acids is 1. The van der Waals surface area contributed by atoms with E-state index in [1.165, 1.54) is 25.1 Å². The fourth-order valence-corrected chi connectivity index (χ4v) is 1.37. The fraction of sp³-hybridized carbons (Fsp3) is 0.364. The summed E-state index contributed by atoms with van der Waals surface area (Å²) in [6.07, 6.45) is -0.871. The minimum absolute atomic E-state index is 0.0379. The molecule has 1 unspecified atom stereocenters. The van der Waals surface area contributed by atoms with Gasteiger partial charge in [0.2, 0.25) is 5.91 Å². The van der Waals surface area contributed by atoms with Gasteiger partial charge >= 0.3 is 0 Å². The third-order valence-corrected chi connectivity index (χ3v) is 2.26. The maximum Gasteiger partial charge on any atom is 0.270 e. The van der Waals surface area contributed by atoms with E-state index in [4.69, 9.17) is 10.5 Å². The molecule has 1 amide bonds. The van der Waals surface area contributed by atoms with Gasteiger partial charge in [-0.15, -0.1) is 0 Å². The molecule has 0 saturated heterocycles. The number of amides is 1. The van der Waals surface area contributed by atoms with Crippen LogP contribution in [0.25, 0.3) is 0 Å². The number of nitro groups is 1. The molecule has 0 radical (unpaired) electrons. The number of aliphatic hydroxyl groups excluding tert-OH is 1. The van der Waals surface area contributed by atoms with Crippen molar-refractivity contribution < 1.29 is 19.6 Å². The van der Waals surface area contributed by atoms with Crippen LogP contribution in [0.3, 0.4) is 0 Å². The zero-order valence-corrected chi connectivity index (χ0v) is 9.83. The number of hydrogen-bond donors (Lipinski definition) is 2. The number of nitro benzene ring substituents is 1. The molecule has 1 atom stereocenters. The fourth-order valence-electron chi connectivity index (χ4n) is 1.37. The van der Waals surface area contributed by atoms with E-state index in [0.29, 0.717) is 11.3 Å². The monoisotopic (exact) mass is 254 g/mol. The molecule has 0 aromatic heterocycles. The number of carbonyl (C=O) groups is 1. The summed E-state index contributed by atoms with van der Waals surface area (Å²) in [5.74, 6) is -0.202. The summed E-state index contributed by atoms with van der Waals surface area (Å²) in [6, 6.07) is 3.90. The molecule has 3 N–H and O–H groups in total. The van der Waals surface area contributed by atoms with Crippen LogP contribution >= 0.6 is 0 Å². The van der Waals surface area contributed by atoms with E-state index in [9.17, 15) is 20.0 Å². The lowest BCUT2D eigenvalue weighted by Crippen LogP contribution is -2.15. The number of aliphatic hydroxyl groups is 1. The number of hydrogen-bond acceptors (Lipinski definition) is 5. The highest BCUT2D eigenvalue weighted by molar-refractivity contribution is 5.73. The average Bonchev–Trinajstić information content (AvgIpc) is 2.28. The standard InChI is InChI=1S/C11H14N2O5/c1-7(14)9-6-8(13(16)17)2-3-10(9)18-5-4-11(12)15/h2-3,6-7,14H,4-5H2,1H3,(H2,12,15). The number of nitrogens with zero attached hydrogens (tertiary/aromatic N) is 1. The van der Waals surface area contributed by atoms with Crippen molar-refractivity contribution in [2.24, 2.45) is 5.73 Å². The molecule has 0 bridgehead atoms. The molecule has 0 aliphatic heterocycles. The number of ether oxygens (including phenoxy) is 1. The maximum absolute atomic E-state index is 10.6.